The van der Waals surface area contributed by atoms with Gasteiger partial charge in [0.05, 0.1) is 4.92 Å². The van der Waals surface area contributed by atoms with Gasteiger partial charge in [-0.2, -0.15) is 5.10 Å². The molecule has 1 rings (SSSR count). The Kier molecular flexibility index (Phi) is 6.07. The van der Waals surface area contributed by atoms with Crippen LogP contribution < -0.4 is 5.43 Å². The number of nitrogens with one attached hydrogen (secondary N) is 1. The number of carboxylic acid groups (broad SMARTS) is 1. The van der Waals surface area contributed by atoms with Crippen LogP contribution in [0.5, 0.6) is 0 Å². The Morgan fingerprint density at radius 2 is 2.20 bits per heavy atom. The summed E-state index contributed by atoms with van der Waals surface area (Å²) < 4.78 is 0.311. The fourth-order valence-electron chi connectivity index (χ4n) is 1.34. The monoisotopic (exact) mass is 313 g/mol. The Morgan fingerprint density at radius 1 is 1.55 bits per heavy atom. The molecular formula is C11H11N3O4S2. The van der Waals surface area contributed by atoms with Crippen LogP contribution in [-0.4, -0.2) is 32.3 Å². The van der Waals surface area contributed by atoms with E-state index in [-0.39, 0.29) is 23.4 Å². The van der Waals surface area contributed by atoms with Crippen molar-refractivity contribution in [3.05, 3.63) is 39.9 Å². The fraction of sp³-hybridized carbons (Fsp3) is 0.182. The molecule has 0 unspecified atom stereocenters. The molecule has 0 aliphatic rings. The topological polar surface area (TPSA) is 105 Å². The zero-order chi connectivity index (χ0) is 15.1. The maximum Gasteiger partial charge on any atom is 0.352 e. The van der Waals surface area contributed by atoms with Crippen molar-refractivity contribution in [2.75, 3.05) is 6.26 Å². The van der Waals surface area contributed by atoms with Gasteiger partial charge in [-0.15, -0.1) is 0 Å². The fourth-order valence-corrected chi connectivity index (χ4v) is 1.52. The lowest BCUT2D eigenvalue weighted by Gasteiger charge is -2.04. The normalized spacial score (nSPS) is 10.9. The van der Waals surface area contributed by atoms with E-state index in [0.29, 0.717) is 4.32 Å². The van der Waals surface area contributed by atoms with Crippen molar-refractivity contribution in [1.29, 1.82) is 0 Å². The number of benzene rings is 1. The molecule has 0 atom stereocenters. The standard InChI is InChI=1S/C11H11N3O4S2/c1-20-11(19)13-12-8(10(15)16)6-7-4-2-3-5-9(7)14(17)18/h2-5H,6H2,1H3,(H,13,19)(H,15,16)/b12-8+. The van der Waals surface area contributed by atoms with Gasteiger partial charge < -0.3 is 5.11 Å². The van der Waals surface area contributed by atoms with Crippen LogP contribution >= 0.6 is 24.0 Å². The van der Waals surface area contributed by atoms with Gasteiger partial charge >= 0.3 is 5.97 Å². The van der Waals surface area contributed by atoms with Crippen LogP contribution in [-0.2, 0) is 11.2 Å². The van der Waals surface area contributed by atoms with Crippen LogP contribution in [0.4, 0.5) is 5.69 Å². The van der Waals surface area contributed by atoms with E-state index < -0.39 is 10.9 Å². The van der Waals surface area contributed by atoms with Crippen molar-refractivity contribution in [2.45, 2.75) is 6.42 Å². The van der Waals surface area contributed by atoms with E-state index in [2.05, 4.69) is 10.5 Å². The molecule has 0 aromatic heterocycles. The molecule has 106 valence electrons. The summed E-state index contributed by atoms with van der Waals surface area (Å²) in [7, 11) is 0. The molecule has 0 saturated carbocycles. The third kappa shape index (κ3) is 4.59. The van der Waals surface area contributed by atoms with Crippen LogP contribution in [0.2, 0.25) is 0 Å². The number of hydrazone groups is 1. The number of hydrogen-bond acceptors (Lipinski definition) is 6. The number of rotatable bonds is 5. The van der Waals surface area contributed by atoms with Crippen LogP contribution in [0.25, 0.3) is 0 Å². The third-order valence-corrected chi connectivity index (χ3v) is 3.31. The average molecular weight is 313 g/mol. The summed E-state index contributed by atoms with van der Waals surface area (Å²) in [6, 6.07) is 5.92. The lowest BCUT2D eigenvalue weighted by atomic mass is 10.1. The van der Waals surface area contributed by atoms with Crippen molar-refractivity contribution in [2.24, 2.45) is 5.10 Å². The van der Waals surface area contributed by atoms with E-state index in [9.17, 15) is 14.9 Å². The summed E-state index contributed by atoms with van der Waals surface area (Å²) in [6.07, 6.45) is 1.55. The number of nitro groups is 1. The highest BCUT2D eigenvalue weighted by Gasteiger charge is 2.18. The minimum absolute atomic E-state index is 0.145. The van der Waals surface area contributed by atoms with Gasteiger partial charge in [0.2, 0.25) is 0 Å². The summed E-state index contributed by atoms with van der Waals surface area (Å²) in [4.78, 5) is 21.4. The van der Waals surface area contributed by atoms with Crippen LogP contribution in [0, 0.1) is 10.1 Å². The van der Waals surface area contributed by atoms with Gasteiger partial charge in [-0.05, 0) is 6.26 Å². The van der Waals surface area contributed by atoms with Crippen molar-refractivity contribution in [3.63, 3.8) is 0 Å². The molecule has 0 heterocycles. The molecule has 0 radical (unpaired) electrons. The number of para-hydroxylation sites is 1. The van der Waals surface area contributed by atoms with Gasteiger partial charge in [-0.3, -0.25) is 15.5 Å². The summed E-state index contributed by atoms with van der Waals surface area (Å²) in [5.41, 5.74) is 2.29. The number of hydrogen-bond donors (Lipinski definition) is 2. The molecule has 0 saturated heterocycles. The van der Waals surface area contributed by atoms with E-state index >= 15 is 0 Å². The Labute approximate surface area is 124 Å². The Morgan fingerprint density at radius 3 is 2.75 bits per heavy atom. The highest BCUT2D eigenvalue weighted by Crippen LogP contribution is 2.18. The van der Waals surface area contributed by atoms with E-state index in [1.54, 1.807) is 12.3 Å². The summed E-state index contributed by atoms with van der Waals surface area (Å²) in [5, 5.41) is 23.6. The van der Waals surface area contributed by atoms with E-state index in [4.69, 9.17) is 17.3 Å². The zero-order valence-electron chi connectivity index (χ0n) is 10.4. The molecule has 1 aromatic carbocycles. The summed E-state index contributed by atoms with van der Waals surface area (Å²) in [5.74, 6) is -1.26. The first-order chi connectivity index (χ1) is 9.45. The molecule has 0 spiro atoms. The van der Waals surface area contributed by atoms with Gasteiger partial charge in [-0.1, -0.05) is 42.2 Å². The quantitative estimate of drug-likeness (QED) is 0.369. The van der Waals surface area contributed by atoms with E-state index in [1.807, 2.05) is 0 Å². The molecule has 9 heteroatoms. The first-order valence-corrected chi connectivity index (χ1v) is 6.95. The predicted octanol–water partition coefficient (Wildman–Crippen LogP) is 1.82. The highest BCUT2D eigenvalue weighted by molar-refractivity contribution is 8.22. The van der Waals surface area contributed by atoms with Crippen molar-refractivity contribution < 1.29 is 14.8 Å². The second kappa shape index (κ2) is 7.56. The van der Waals surface area contributed by atoms with Crippen molar-refractivity contribution in [1.82, 2.24) is 5.43 Å². The van der Waals surface area contributed by atoms with Gasteiger partial charge in [0.1, 0.15) is 5.71 Å². The maximum absolute atomic E-state index is 11.1. The number of carboxylic acids is 1. The maximum atomic E-state index is 11.1. The Bertz CT molecular complexity index is 575. The number of nitrogens with zero attached hydrogens (tertiary/aromatic N) is 2. The molecule has 20 heavy (non-hydrogen) atoms. The lowest BCUT2D eigenvalue weighted by Crippen LogP contribution is -2.22. The van der Waals surface area contributed by atoms with Crippen LogP contribution in [0.1, 0.15) is 5.56 Å². The first-order valence-electron chi connectivity index (χ1n) is 5.31. The second-order valence-corrected chi connectivity index (χ2v) is 5.01. The van der Waals surface area contributed by atoms with Crippen LogP contribution in [0.3, 0.4) is 0 Å². The lowest BCUT2D eigenvalue weighted by molar-refractivity contribution is -0.385. The van der Waals surface area contributed by atoms with Crippen LogP contribution in [0.15, 0.2) is 29.4 Å². The Hall–Kier alpha value is -2.00. The molecular weight excluding hydrogens is 302 g/mol. The van der Waals surface area contributed by atoms with E-state index in [0.717, 1.165) is 0 Å². The predicted molar refractivity (Wildman–Crippen MR) is 81.1 cm³/mol. The van der Waals surface area contributed by atoms with Crippen molar-refractivity contribution in [3.8, 4) is 0 Å². The third-order valence-electron chi connectivity index (χ3n) is 2.26. The molecule has 2 N–H and O–H groups in total. The SMILES string of the molecule is CSC(=S)N/N=C(\Cc1ccccc1[N+](=O)[O-])C(=O)O. The minimum atomic E-state index is -1.26. The molecule has 0 aliphatic heterocycles. The smallest absolute Gasteiger partial charge is 0.352 e. The largest absolute Gasteiger partial charge is 0.477 e. The molecule has 1 aromatic rings. The number of thioether (sulfide) groups is 1. The van der Waals surface area contributed by atoms with Crippen molar-refractivity contribution >= 4 is 45.7 Å². The average Bonchev–Trinajstić information content (AvgIpc) is 2.42. The van der Waals surface area contributed by atoms with Gasteiger partial charge in [0.25, 0.3) is 5.69 Å². The second-order valence-electron chi connectivity index (χ2n) is 3.53. The summed E-state index contributed by atoms with van der Waals surface area (Å²) >= 11 is 6.04. The number of carbonyl (C=O) groups is 1. The number of thiocarbonyl (C=S) groups is 1. The minimum Gasteiger partial charge on any atom is -0.477 e. The van der Waals surface area contributed by atoms with Gasteiger partial charge in [-0.25, -0.2) is 4.79 Å². The zero-order valence-corrected chi connectivity index (χ0v) is 12.0. The van der Waals surface area contributed by atoms with E-state index in [1.165, 1.54) is 30.0 Å². The first kappa shape index (κ1) is 16.1. The molecule has 0 aliphatic carbocycles. The summed E-state index contributed by atoms with van der Waals surface area (Å²) in [6.45, 7) is 0. The Balaban J connectivity index is 3.00. The number of aliphatic carboxylic acids is 1. The number of nitro benzene ring substituents is 1. The van der Waals surface area contributed by atoms with Gasteiger partial charge in [0.15, 0.2) is 4.32 Å². The molecule has 0 bridgehead atoms. The van der Waals surface area contributed by atoms with Gasteiger partial charge in [0, 0.05) is 18.1 Å². The molecule has 0 fully saturated rings. The molecule has 7 nitrogen and oxygen atoms in total. The highest BCUT2D eigenvalue weighted by atomic mass is 32.2. The molecule has 0 amide bonds.